The van der Waals surface area contributed by atoms with E-state index in [2.05, 4.69) is 35.7 Å². The van der Waals surface area contributed by atoms with Gasteiger partial charge < -0.3 is 13.7 Å². The van der Waals surface area contributed by atoms with E-state index in [1.165, 1.54) is 18.2 Å². The first-order chi connectivity index (χ1) is 35.2. The molecule has 0 spiro atoms. The summed E-state index contributed by atoms with van der Waals surface area (Å²) in [5.41, 5.74) is 1.80. The molecule has 1 unspecified atom stereocenters. The van der Waals surface area contributed by atoms with Gasteiger partial charge in [0.15, 0.2) is 0 Å². The summed E-state index contributed by atoms with van der Waals surface area (Å²) >= 11 is 4.77. The van der Waals surface area contributed by atoms with Gasteiger partial charge in [0.05, 0.1) is 32.2 Å². The molecule has 0 saturated heterocycles. The summed E-state index contributed by atoms with van der Waals surface area (Å²) in [6, 6.07) is 15.5. The van der Waals surface area contributed by atoms with Crippen LogP contribution >= 0.6 is 35.3 Å². The monoisotopic (exact) mass is 1070 g/mol. The minimum Gasteiger partial charge on any atom is -0.302 e. The van der Waals surface area contributed by atoms with E-state index in [1.807, 2.05) is 98.7 Å². The van der Waals surface area contributed by atoms with Crippen LogP contribution in [0.2, 0.25) is 0 Å². The summed E-state index contributed by atoms with van der Waals surface area (Å²) in [6.07, 6.45) is 4.64. The first-order valence-electron chi connectivity index (χ1n) is 24.6. The minimum atomic E-state index is -0.423. The lowest BCUT2D eigenvalue weighted by molar-refractivity contribution is 0.474. The average molecular weight is 1070 g/mol. The number of nitriles is 3. The molecule has 0 aliphatic carbocycles. The van der Waals surface area contributed by atoms with Crippen molar-refractivity contribution in [3.63, 3.8) is 0 Å². The molecule has 0 radical (unpaired) electrons. The molecule has 0 aromatic carbocycles. The van der Waals surface area contributed by atoms with Crippen molar-refractivity contribution in [1.82, 2.24) is 28.7 Å². The standard InChI is InChI=1S/3C19H20FN3OS/c3*1-11-9-23-16(25-10-11)6-13(14(7-21)18(23)24)12-5-15(20)17(22-8-12)19(2,3)4/h3*5-6,8,11H,9-10H2,1-4H3/t2*11-;/m10./s1. The van der Waals surface area contributed by atoms with Crippen LogP contribution in [0.25, 0.3) is 33.4 Å². The molecule has 0 saturated carbocycles. The number of halogens is 3. The van der Waals surface area contributed by atoms with E-state index in [9.17, 15) is 43.3 Å². The quantitative estimate of drug-likeness (QED) is 0.164. The van der Waals surface area contributed by atoms with Crippen molar-refractivity contribution >= 4 is 35.3 Å². The highest BCUT2D eigenvalue weighted by molar-refractivity contribution is 7.99. The molecule has 0 fully saturated rings. The Bertz CT molecular complexity index is 3180. The molecule has 9 heterocycles. The van der Waals surface area contributed by atoms with Gasteiger partial charge in [-0.2, -0.15) is 15.8 Å². The second-order valence-electron chi connectivity index (χ2n) is 22.6. The molecule has 12 nitrogen and oxygen atoms in total. The Hall–Kier alpha value is -6.39. The molecule has 0 amide bonds. The highest BCUT2D eigenvalue weighted by Gasteiger charge is 2.28. The molecule has 390 valence electrons. The van der Waals surface area contributed by atoms with Gasteiger partial charge in [0.1, 0.15) is 52.3 Å². The number of pyridine rings is 6. The molecule has 0 N–H and O–H groups in total. The van der Waals surface area contributed by atoms with Crippen molar-refractivity contribution < 1.29 is 13.2 Å². The number of hydrogen-bond donors (Lipinski definition) is 0. The lowest BCUT2D eigenvalue weighted by Gasteiger charge is -2.24. The van der Waals surface area contributed by atoms with Crippen LogP contribution in [0.4, 0.5) is 13.2 Å². The van der Waals surface area contributed by atoms with Gasteiger partial charge in [0.25, 0.3) is 16.7 Å². The van der Waals surface area contributed by atoms with E-state index >= 15 is 0 Å². The second kappa shape index (κ2) is 22.1. The van der Waals surface area contributed by atoms with Gasteiger partial charge in [-0.05, 0) is 54.2 Å². The summed E-state index contributed by atoms with van der Waals surface area (Å²) in [5.74, 6) is 2.60. The van der Waals surface area contributed by atoms with E-state index in [0.29, 0.717) is 87.9 Å². The second-order valence-corrected chi connectivity index (χ2v) is 25.7. The predicted octanol–water partition coefficient (Wildman–Crippen LogP) is 11.9. The molecule has 3 aliphatic rings. The molecular formula is C57H60F3N9O3S3. The third-order valence-electron chi connectivity index (χ3n) is 12.7. The fourth-order valence-corrected chi connectivity index (χ4v) is 12.2. The Labute approximate surface area is 448 Å². The van der Waals surface area contributed by atoms with E-state index in [0.717, 1.165) is 32.3 Å². The smallest absolute Gasteiger partial charge is 0.269 e. The Morgan fingerprint density at radius 1 is 0.467 bits per heavy atom. The highest BCUT2D eigenvalue weighted by atomic mass is 32.2. The number of fused-ring (bicyclic) bond motifs is 3. The SMILES string of the molecule is CC1CSc2cc(-c3cnc(C(C)(C)C)c(F)c3)c(C#N)c(=O)n2C1.C[C@@H]1CSc2cc(-c3cnc(C(C)(C)C)c(F)c3)c(C#N)c(=O)n2C1.C[C@H]1CSc2cc(-c3cnc(C(C)(C)C)c(F)c3)c(C#N)c(=O)n2C1. The Morgan fingerprint density at radius 2 is 0.707 bits per heavy atom. The first-order valence-corrected chi connectivity index (χ1v) is 27.5. The topological polar surface area (TPSA) is 176 Å². The Balaban J connectivity index is 0.000000164. The molecule has 9 rings (SSSR count). The minimum absolute atomic E-state index is 0.0446. The first kappa shape index (κ1) is 56.3. The number of aromatic nitrogens is 6. The van der Waals surface area contributed by atoms with Gasteiger partial charge in [-0.15, -0.1) is 35.3 Å². The van der Waals surface area contributed by atoms with Crippen molar-refractivity contribution in [2.45, 2.75) is 134 Å². The summed E-state index contributed by atoms with van der Waals surface area (Å²) < 4.78 is 48.5. The zero-order valence-corrected chi connectivity index (χ0v) is 46.7. The fourth-order valence-electron chi connectivity index (χ4n) is 8.94. The van der Waals surface area contributed by atoms with Crippen LogP contribution in [0.1, 0.15) is 117 Å². The van der Waals surface area contributed by atoms with Gasteiger partial charge in [0, 0.05) is 105 Å². The van der Waals surface area contributed by atoms with Crippen LogP contribution in [0.5, 0.6) is 0 Å². The summed E-state index contributed by atoms with van der Waals surface area (Å²) in [4.78, 5) is 50.9. The maximum Gasteiger partial charge on any atom is 0.269 e. The van der Waals surface area contributed by atoms with Crippen LogP contribution in [-0.4, -0.2) is 45.9 Å². The van der Waals surface area contributed by atoms with E-state index < -0.39 is 33.7 Å². The zero-order chi connectivity index (χ0) is 55.1. The van der Waals surface area contributed by atoms with Crippen LogP contribution in [0.15, 0.2) is 84.5 Å². The van der Waals surface area contributed by atoms with Gasteiger partial charge in [-0.25, -0.2) is 13.2 Å². The van der Waals surface area contributed by atoms with Gasteiger partial charge >= 0.3 is 0 Å². The molecule has 75 heavy (non-hydrogen) atoms. The van der Waals surface area contributed by atoms with Crippen molar-refractivity contribution in [2.24, 2.45) is 17.8 Å². The Morgan fingerprint density at radius 3 is 0.907 bits per heavy atom. The molecule has 3 aliphatic heterocycles. The van der Waals surface area contributed by atoms with Gasteiger partial charge in [0.2, 0.25) is 0 Å². The van der Waals surface area contributed by atoms with Crippen molar-refractivity contribution in [2.75, 3.05) is 17.3 Å². The molecule has 18 heteroatoms. The summed E-state index contributed by atoms with van der Waals surface area (Å²) in [5, 5.41) is 30.9. The van der Waals surface area contributed by atoms with Crippen molar-refractivity contribution in [3.8, 4) is 51.6 Å². The fraction of sp³-hybridized carbons (Fsp3) is 0.421. The van der Waals surface area contributed by atoms with Gasteiger partial charge in [-0.1, -0.05) is 83.1 Å². The lowest BCUT2D eigenvalue weighted by atomic mass is 9.90. The zero-order valence-electron chi connectivity index (χ0n) is 44.3. The van der Waals surface area contributed by atoms with Crippen LogP contribution in [-0.2, 0) is 35.9 Å². The lowest BCUT2D eigenvalue weighted by Crippen LogP contribution is -2.30. The normalized spacial score (nSPS) is 17.0. The molecule has 6 aromatic heterocycles. The van der Waals surface area contributed by atoms with Crippen LogP contribution in [0, 0.1) is 69.2 Å². The maximum absolute atomic E-state index is 14.5. The van der Waals surface area contributed by atoms with Crippen LogP contribution in [0.3, 0.4) is 0 Å². The number of hydrogen-bond acceptors (Lipinski definition) is 12. The number of thioether (sulfide) groups is 3. The molecule has 3 atom stereocenters. The molecule has 6 aromatic rings. The molecule has 0 bridgehead atoms. The predicted molar refractivity (Wildman–Crippen MR) is 292 cm³/mol. The van der Waals surface area contributed by atoms with Crippen molar-refractivity contribution in [3.05, 3.63) is 137 Å². The highest BCUT2D eigenvalue weighted by Crippen LogP contribution is 2.37. The van der Waals surface area contributed by atoms with Crippen LogP contribution < -0.4 is 16.7 Å². The van der Waals surface area contributed by atoms with Crippen molar-refractivity contribution in [1.29, 1.82) is 15.8 Å². The van der Waals surface area contributed by atoms with Gasteiger partial charge in [-0.3, -0.25) is 29.3 Å². The number of nitrogens with zero attached hydrogens (tertiary/aromatic N) is 9. The van der Waals surface area contributed by atoms with E-state index in [1.54, 1.807) is 67.6 Å². The Kier molecular flexibility index (Phi) is 16.6. The number of rotatable bonds is 3. The average Bonchev–Trinajstić information content (AvgIpc) is 3.33. The molecular weight excluding hydrogens is 1010 g/mol. The summed E-state index contributed by atoms with van der Waals surface area (Å²) in [7, 11) is 0. The maximum atomic E-state index is 14.5. The third kappa shape index (κ3) is 12.0. The van der Waals surface area contributed by atoms with E-state index in [-0.39, 0.29) is 33.4 Å². The third-order valence-corrected chi connectivity index (χ3v) is 16.8. The summed E-state index contributed by atoms with van der Waals surface area (Å²) in [6.45, 7) is 25.1. The largest absolute Gasteiger partial charge is 0.302 e. The van der Waals surface area contributed by atoms with E-state index in [4.69, 9.17) is 0 Å².